The summed E-state index contributed by atoms with van der Waals surface area (Å²) in [4.78, 5) is 4.46. The molecule has 2 aromatic rings. The second kappa shape index (κ2) is 6.45. The Morgan fingerprint density at radius 2 is 2.00 bits per heavy atom. The number of sulfonamides is 1. The molecule has 0 aliphatic carbocycles. The highest BCUT2D eigenvalue weighted by molar-refractivity contribution is 9.09. The van der Waals surface area contributed by atoms with Crippen molar-refractivity contribution >= 4 is 36.9 Å². The van der Waals surface area contributed by atoms with Gasteiger partial charge in [0.25, 0.3) is 0 Å². The Labute approximate surface area is 121 Å². The van der Waals surface area contributed by atoms with Crippen molar-refractivity contribution in [2.75, 3.05) is 11.9 Å². The van der Waals surface area contributed by atoms with Gasteiger partial charge in [0, 0.05) is 23.5 Å². The fourth-order valence-corrected chi connectivity index (χ4v) is 3.50. The van der Waals surface area contributed by atoms with Crippen LogP contribution in [0.25, 0.3) is 10.9 Å². The summed E-state index contributed by atoms with van der Waals surface area (Å²) in [6, 6.07) is 8.64. The molecule has 1 heterocycles. The number of halogens is 1. The lowest BCUT2D eigenvalue weighted by Crippen LogP contribution is -2.25. The molecule has 0 aliphatic rings. The zero-order valence-corrected chi connectivity index (χ0v) is 12.7. The van der Waals surface area contributed by atoms with Gasteiger partial charge in [0.1, 0.15) is 0 Å². The number of benzene rings is 1. The molecule has 0 spiro atoms. The summed E-state index contributed by atoms with van der Waals surface area (Å²) in [7, 11) is -3.47. The first-order valence-corrected chi connectivity index (χ1v) is 8.65. The topological polar surface area (TPSA) is 59.1 Å². The summed E-state index contributed by atoms with van der Waals surface area (Å²) in [5.74, 6) is 0. The van der Waals surface area contributed by atoms with Crippen LogP contribution in [0.1, 0.15) is 12.8 Å². The molecular formula is C13H15BrN2O2S. The van der Waals surface area contributed by atoms with E-state index in [9.17, 15) is 8.42 Å². The molecule has 19 heavy (non-hydrogen) atoms. The summed E-state index contributed by atoms with van der Waals surface area (Å²) < 4.78 is 27.1. The second-order valence-electron chi connectivity index (χ2n) is 4.12. The molecule has 0 fully saturated rings. The maximum atomic E-state index is 12.3. The number of fused-ring (bicyclic) bond motifs is 1. The number of unbranched alkanes of at least 4 members (excludes halogenated alkanes) is 1. The average Bonchev–Trinajstić information content (AvgIpc) is 2.43. The number of hydrogen-bond acceptors (Lipinski definition) is 3. The van der Waals surface area contributed by atoms with Crippen molar-refractivity contribution < 1.29 is 8.42 Å². The number of alkyl halides is 1. The maximum absolute atomic E-state index is 12.3. The summed E-state index contributed by atoms with van der Waals surface area (Å²) in [6.45, 7) is 0.449. The summed E-state index contributed by atoms with van der Waals surface area (Å²) in [6.07, 6.45) is 3.41. The normalized spacial score (nSPS) is 11.8. The molecule has 6 heteroatoms. The van der Waals surface area contributed by atoms with Crippen molar-refractivity contribution in [1.82, 2.24) is 9.71 Å². The molecular weight excluding hydrogens is 328 g/mol. The Balaban J connectivity index is 2.28. The number of aromatic nitrogens is 1. The van der Waals surface area contributed by atoms with Crippen LogP contribution in [0.2, 0.25) is 0 Å². The lowest BCUT2D eigenvalue weighted by atomic mass is 10.2. The lowest BCUT2D eigenvalue weighted by Gasteiger charge is -2.08. The van der Waals surface area contributed by atoms with E-state index in [4.69, 9.17) is 0 Å². The first-order chi connectivity index (χ1) is 9.15. The Kier molecular flexibility index (Phi) is 4.90. The standard InChI is InChI=1S/C13H15BrN2O2S/c14-8-1-2-10-16-19(17,18)13-7-3-6-12-11(13)5-4-9-15-12/h3-7,9,16H,1-2,8,10H2. The molecule has 102 valence electrons. The molecule has 4 nitrogen and oxygen atoms in total. The van der Waals surface area contributed by atoms with E-state index in [0.29, 0.717) is 17.4 Å². The first kappa shape index (κ1) is 14.4. The molecule has 0 aliphatic heterocycles. The Hall–Kier alpha value is -0.980. The van der Waals surface area contributed by atoms with E-state index in [1.807, 2.05) is 0 Å². The van der Waals surface area contributed by atoms with Gasteiger partial charge in [-0.15, -0.1) is 0 Å². The maximum Gasteiger partial charge on any atom is 0.241 e. The minimum absolute atomic E-state index is 0.289. The molecule has 1 aromatic carbocycles. The van der Waals surface area contributed by atoms with Gasteiger partial charge in [-0.05, 0) is 37.1 Å². The van der Waals surface area contributed by atoms with E-state index in [2.05, 4.69) is 25.6 Å². The predicted octanol–water partition coefficient (Wildman–Crippen LogP) is 2.69. The highest BCUT2D eigenvalue weighted by atomic mass is 79.9. The van der Waals surface area contributed by atoms with Crippen LogP contribution in [0.4, 0.5) is 0 Å². The molecule has 1 N–H and O–H groups in total. The van der Waals surface area contributed by atoms with Crippen molar-refractivity contribution in [3.8, 4) is 0 Å². The Morgan fingerprint density at radius 1 is 1.16 bits per heavy atom. The van der Waals surface area contributed by atoms with E-state index in [1.165, 1.54) is 0 Å². The van der Waals surface area contributed by atoms with Crippen LogP contribution in [0.15, 0.2) is 41.4 Å². The van der Waals surface area contributed by atoms with Gasteiger partial charge < -0.3 is 0 Å². The monoisotopic (exact) mass is 342 g/mol. The number of nitrogens with one attached hydrogen (secondary N) is 1. The SMILES string of the molecule is O=S(=O)(NCCCCBr)c1cccc2ncccc12. The Bertz CT molecular complexity index is 653. The zero-order valence-electron chi connectivity index (χ0n) is 10.3. The summed E-state index contributed by atoms with van der Waals surface area (Å²) in [5.41, 5.74) is 0.686. The number of pyridine rings is 1. The molecule has 0 amide bonds. The van der Waals surface area contributed by atoms with E-state index < -0.39 is 10.0 Å². The Morgan fingerprint density at radius 3 is 2.79 bits per heavy atom. The lowest BCUT2D eigenvalue weighted by molar-refractivity contribution is 0.579. The number of nitrogens with zero attached hydrogens (tertiary/aromatic N) is 1. The molecule has 1 aromatic heterocycles. The van der Waals surface area contributed by atoms with Crippen molar-refractivity contribution in [2.24, 2.45) is 0 Å². The highest BCUT2D eigenvalue weighted by Crippen LogP contribution is 2.20. The molecule has 0 radical (unpaired) electrons. The molecule has 0 saturated heterocycles. The number of hydrogen-bond donors (Lipinski definition) is 1. The fourth-order valence-electron chi connectivity index (χ4n) is 1.81. The second-order valence-corrected chi connectivity index (χ2v) is 6.65. The molecule has 0 atom stereocenters. The van der Waals surface area contributed by atoms with Crippen LogP contribution < -0.4 is 4.72 Å². The predicted molar refractivity (Wildman–Crippen MR) is 80.0 cm³/mol. The largest absolute Gasteiger partial charge is 0.256 e. The average molecular weight is 343 g/mol. The molecule has 2 rings (SSSR count). The summed E-state index contributed by atoms with van der Waals surface area (Å²) >= 11 is 3.32. The highest BCUT2D eigenvalue weighted by Gasteiger charge is 2.16. The third-order valence-corrected chi connectivity index (χ3v) is 4.83. The van der Waals surface area contributed by atoms with E-state index >= 15 is 0 Å². The zero-order chi connectivity index (χ0) is 13.7. The van der Waals surface area contributed by atoms with Gasteiger partial charge >= 0.3 is 0 Å². The van der Waals surface area contributed by atoms with E-state index in [0.717, 1.165) is 18.2 Å². The smallest absolute Gasteiger partial charge is 0.241 e. The van der Waals surface area contributed by atoms with Crippen LogP contribution in [0.3, 0.4) is 0 Å². The van der Waals surface area contributed by atoms with Crippen molar-refractivity contribution in [1.29, 1.82) is 0 Å². The van der Waals surface area contributed by atoms with E-state index in [1.54, 1.807) is 36.5 Å². The van der Waals surface area contributed by atoms with Crippen LogP contribution in [-0.2, 0) is 10.0 Å². The van der Waals surface area contributed by atoms with Gasteiger partial charge in [-0.3, -0.25) is 4.98 Å². The molecule has 0 unspecified atom stereocenters. The van der Waals surface area contributed by atoms with Gasteiger partial charge in [-0.25, -0.2) is 13.1 Å². The third-order valence-electron chi connectivity index (χ3n) is 2.75. The van der Waals surface area contributed by atoms with Crippen LogP contribution in [0, 0.1) is 0 Å². The van der Waals surface area contributed by atoms with Crippen LogP contribution in [-0.4, -0.2) is 25.3 Å². The molecule has 0 bridgehead atoms. The summed E-state index contributed by atoms with van der Waals surface area (Å²) in [5, 5.41) is 1.53. The molecule has 0 saturated carbocycles. The van der Waals surface area contributed by atoms with Crippen molar-refractivity contribution in [2.45, 2.75) is 17.7 Å². The minimum Gasteiger partial charge on any atom is -0.256 e. The first-order valence-electron chi connectivity index (χ1n) is 6.04. The van der Waals surface area contributed by atoms with Gasteiger partial charge in [0.15, 0.2) is 0 Å². The minimum atomic E-state index is -3.47. The van der Waals surface area contributed by atoms with Crippen molar-refractivity contribution in [3.63, 3.8) is 0 Å². The third kappa shape index (κ3) is 3.52. The van der Waals surface area contributed by atoms with E-state index in [-0.39, 0.29) is 4.90 Å². The van der Waals surface area contributed by atoms with Gasteiger partial charge in [0.05, 0.1) is 10.4 Å². The van der Waals surface area contributed by atoms with Gasteiger partial charge in [0.2, 0.25) is 10.0 Å². The fraction of sp³-hybridized carbons (Fsp3) is 0.308. The van der Waals surface area contributed by atoms with Crippen LogP contribution >= 0.6 is 15.9 Å². The number of rotatable bonds is 6. The van der Waals surface area contributed by atoms with Gasteiger partial charge in [-0.2, -0.15) is 0 Å². The van der Waals surface area contributed by atoms with Gasteiger partial charge in [-0.1, -0.05) is 22.0 Å². The van der Waals surface area contributed by atoms with Crippen molar-refractivity contribution in [3.05, 3.63) is 36.5 Å². The quantitative estimate of drug-likeness (QED) is 0.648. The van der Waals surface area contributed by atoms with Crippen LogP contribution in [0.5, 0.6) is 0 Å².